The number of rotatable bonds is 7. The van der Waals surface area contributed by atoms with Crippen LogP contribution in [0.1, 0.15) is 55.4 Å². The minimum atomic E-state index is -7.54. The molecule has 0 saturated carbocycles. The Bertz CT molecular complexity index is 748. The van der Waals surface area contributed by atoms with E-state index in [0.717, 1.165) is 0 Å². The van der Waals surface area contributed by atoms with E-state index in [4.69, 9.17) is 0 Å². The van der Waals surface area contributed by atoms with Crippen molar-refractivity contribution in [3.8, 4) is 0 Å². The molecule has 0 saturated heterocycles. The molecular formula is C22H30F14O3. The summed E-state index contributed by atoms with van der Waals surface area (Å²) in [6.45, 7) is 12.2. The lowest BCUT2D eigenvalue weighted by molar-refractivity contribution is -0.364. The second-order valence-corrected chi connectivity index (χ2v) is 11.0. The second kappa shape index (κ2) is 12.3. The molecular weight excluding hydrogens is 578 g/mol. The van der Waals surface area contributed by atoms with Crippen molar-refractivity contribution in [2.75, 3.05) is 13.2 Å². The molecule has 0 aliphatic carbocycles. The Kier molecular flexibility index (Phi) is 12.3. The zero-order chi connectivity index (χ0) is 32.3. The van der Waals surface area contributed by atoms with E-state index in [9.17, 15) is 66.3 Å². The Morgan fingerprint density at radius 3 is 1.13 bits per heavy atom. The normalized spacial score (nSPS) is 15.1. The zero-order valence-corrected chi connectivity index (χ0v) is 22.1. The van der Waals surface area contributed by atoms with Crippen molar-refractivity contribution in [2.45, 2.75) is 91.4 Å². The number of alkyl halides is 14. The third-order valence-electron chi connectivity index (χ3n) is 4.60. The number of ether oxygens (including phenoxy) is 2. The third kappa shape index (κ3) is 10.2. The van der Waals surface area contributed by atoms with Gasteiger partial charge in [-0.2, -0.15) is 52.7 Å². The first-order valence-electron chi connectivity index (χ1n) is 10.8. The predicted molar refractivity (Wildman–Crippen MR) is 111 cm³/mol. The molecule has 1 unspecified atom stereocenters. The third-order valence-corrected chi connectivity index (χ3v) is 4.60. The lowest BCUT2D eigenvalue weighted by atomic mass is 9.81. The summed E-state index contributed by atoms with van der Waals surface area (Å²) in [5.74, 6) is -1.90. The van der Waals surface area contributed by atoms with Crippen molar-refractivity contribution in [1.82, 2.24) is 0 Å². The molecule has 0 heterocycles. The van der Waals surface area contributed by atoms with Crippen molar-refractivity contribution in [3.63, 3.8) is 0 Å². The Balaban J connectivity index is 0. The number of hydrogen-bond acceptors (Lipinski definition) is 3. The maximum atomic E-state index is 14.2. The van der Waals surface area contributed by atoms with E-state index < -0.39 is 78.4 Å². The number of halogens is 14. The summed E-state index contributed by atoms with van der Waals surface area (Å²) < 4.78 is 191. The fraction of sp³-hybridized carbons (Fsp3) is 0.864. The molecule has 0 aromatic heterocycles. The summed E-state index contributed by atoms with van der Waals surface area (Å²) in [4.78, 5) is 11.7. The molecule has 0 spiro atoms. The summed E-state index contributed by atoms with van der Waals surface area (Å²) in [5.41, 5.74) is -19.7. The fourth-order valence-corrected chi connectivity index (χ4v) is 2.14. The average Bonchev–Trinajstić information content (AvgIpc) is 2.63. The average molecular weight is 608 g/mol. The van der Waals surface area contributed by atoms with Crippen LogP contribution in [0.15, 0.2) is 11.8 Å². The highest BCUT2D eigenvalue weighted by atomic mass is 19.4. The molecule has 0 amide bonds. The largest absolute Gasteiger partial charge is 0.497 e. The van der Waals surface area contributed by atoms with E-state index in [0.29, 0.717) is 5.41 Å². The van der Waals surface area contributed by atoms with Crippen LogP contribution < -0.4 is 0 Å². The van der Waals surface area contributed by atoms with Gasteiger partial charge in [0.1, 0.15) is 13.2 Å². The van der Waals surface area contributed by atoms with E-state index >= 15 is 0 Å². The summed E-state index contributed by atoms with van der Waals surface area (Å²) in [6.07, 6.45) is -31.8. The number of carbonyl (C=O) groups excluding carboxylic acids is 1. The minimum Gasteiger partial charge on any atom is -0.497 e. The van der Waals surface area contributed by atoms with Gasteiger partial charge in [0.15, 0.2) is 0 Å². The summed E-state index contributed by atoms with van der Waals surface area (Å²) >= 11 is 0. The highest BCUT2D eigenvalue weighted by Crippen LogP contribution is 2.61. The molecule has 0 bridgehead atoms. The summed E-state index contributed by atoms with van der Waals surface area (Å²) in [7, 11) is 0. The maximum absolute atomic E-state index is 14.2. The predicted octanol–water partition coefficient (Wildman–Crippen LogP) is 8.83. The SMILES string of the molecule is CC(C(=O)OCCOC=C(C(F)(C(F)(F)F)C(F)(F)F)C(F)(C(F)(F)F)C(F)(F)F)C(C)(C)C.CC(C)(C)C. The molecule has 0 N–H and O–H groups in total. The number of allylic oxidation sites excluding steroid dienone is 1. The van der Waals surface area contributed by atoms with Crippen molar-refractivity contribution in [3.05, 3.63) is 11.8 Å². The van der Waals surface area contributed by atoms with Gasteiger partial charge >= 0.3 is 42.0 Å². The Morgan fingerprint density at radius 1 is 0.615 bits per heavy atom. The second-order valence-electron chi connectivity index (χ2n) is 11.0. The van der Waals surface area contributed by atoms with E-state index in [1.165, 1.54) is 6.92 Å². The molecule has 0 fully saturated rings. The van der Waals surface area contributed by atoms with Crippen LogP contribution in [-0.2, 0) is 14.3 Å². The van der Waals surface area contributed by atoms with E-state index in [1.54, 1.807) is 20.8 Å². The zero-order valence-electron chi connectivity index (χ0n) is 22.1. The van der Waals surface area contributed by atoms with Crippen molar-refractivity contribution < 1.29 is 75.7 Å². The minimum absolute atomic E-state index is 0.500. The monoisotopic (exact) mass is 608 g/mol. The highest BCUT2D eigenvalue weighted by Gasteiger charge is 2.86. The standard InChI is InChI=1S/C17H18F14O3.C5H12/c1-8(11(2,3)4)10(32)34-6-5-33-7-9(12(18,14(20,21)22)15(23,24)25)13(19,16(26,27)28)17(29,30)31;1-5(2,3)4/h7-8H,5-6H2,1-4H3;1-4H3. The molecule has 17 heteroatoms. The first-order valence-corrected chi connectivity index (χ1v) is 10.8. The fourth-order valence-electron chi connectivity index (χ4n) is 2.14. The van der Waals surface area contributed by atoms with Crippen LogP contribution in [0.3, 0.4) is 0 Å². The quantitative estimate of drug-likeness (QED) is 0.125. The summed E-state index contributed by atoms with van der Waals surface area (Å²) in [5, 5.41) is 0. The van der Waals surface area contributed by atoms with Gasteiger partial charge in [-0.1, -0.05) is 55.4 Å². The summed E-state index contributed by atoms with van der Waals surface area (Å²) in [6, 6.07) is 0. The molecule has 0 aliphatic heterocycles. The van der Waals surface area contributed by atoms with Crippen LogP contribution in [0.5, 0.6) is 0 Å². The number of esters is 1. The molecule has 0 aliphatic rings. The van der Waals surface area contributed by atoms with Crippen molar-refractivity contribution >= 4 is 5.97 Å². The first kappa shape index (κ1) is 39.2. The van der Waals surface area contributed by atoms with Gasteiger partial charge in [0.05, 0.1) is 17.8 Å². The molecule has 0 rings (SSSR count). The van der Waals surface area contributed by atoms with Crippen LogP contribution in [0, 0.1) is 16.7 Å². The van der Waals surface area contributed by atoms with E-state index in [2.05, 4.69) is 37.2 Å². The Hall–Kier alpha value is -1.97. The molecule has 1 atom stereocenters. The van der Waals surface area contributed by atoms with Crippen molar-refractivity contribution in [2.24, 2.45) is 16.7 Å². The van der Waals surface area contributed by atoms with E-state index in [1.807, 2.05) is 0 Å². The Labute approximate surface area is 215 Å². The maximum Gasteiger partial charge on any atom is 0.435 e. The number of hydrogen-bond donors (Lipinski definition) is 0. The van der Waals surface area contributed by atoms with Gasteiger partial charge in [-0.15, -0.1) is 0 Å². The Morgan fingerprint density at radius 2 is 0.897 bits per heavy atom. The van der Waals surface area contributed by atoms with Gasteiger partial charge < -0.3 is 9.47 Å². The van der Waals surface area contributed by atoms with Gasteiger partial charge in [0.2, 0.25) is 0 Å². The van der Waals surface area contributed by atoms with Gasteiger partial charge in [0, 0.05) is 0 Å². The van der Waals surface area contributed by atoms with Crippen LogP contribution >= 0.6 is 0 Å². The number of carbonyl (C=O) groups is 1. The van der Waals surface area contributed by atoms with Crippen LogP contribution in [-0.4, -0.2) is 55.2 Å². The van der Waals surface area contributed by atoms with Gasteiger partial charge in [-0.3, -0.25) is 4.79 Å². The molecule has 234 valence electrons. The first-order chi connectivity index (χ1) is 16.7. The van der Waals surface area contributed by atoms with Crippen LogP contribution in [0.25, 0.3) is 0 Å². The van der Waals surface area contributed by atoms with E-state index in [-0.39, 0.29) is 0 Å². The molecule has 0 aromatic carbocycles. The topological polar surface area (TPSA) is 35.5 Å². The van der Waals surface area contributed by atoms with Crippen LogP contribution in [0.4, 0.5) is 61.5 Å². The smallest absolute Gasteiger partial charge is 0.435 e. The van der Waals surface area contributed by atoms with Gasteiger partial charge in [-0.25, -0.2) is 8.78 Å². The highest BCUT2D eigenvalue weighted by molar-refractivity contribution is 5.72. The van der Waals surface area contributed by atoms with Crippen LogP contribution in [0.2, 0.25) is 0 Å². The van der Waals surface area contributed by atoms with Gasteiger partial charge in [0.25, 0.3) is 0 Å². The lowest BCUT2D eigenvalue weighted by Crippen LogP contribution is -2.65. The van der Waals surface area contributed by atoms with Gasteiger partial charge in [-0.05, 0) is 10.8 Å². The molecule has 0 radical (unpaired) electrons. The molecule has 3 nitrogen and oxygen atoms in total. The molecule has 0 aromatic rings. The molecule has 39 heavy (non-hydrogen) atoms. The lowest BCUT2D eigenvalue weighted by Gasteiger charge is -2.39. The van der Waals surface area contributed by atoms with Crippen molar-refractivity contribution in [1.29, 1.82) is 0 Å².